The van der Waals surface area contributed by atoms with Gasteiger partial charge in [0.15, 0.2) is 0 Å². The molecule has 26 heavy (non-hydrogen) atoms. The number of nitrogens with zero attached hydrogens (tertiary/aromatic N) is 3. The van der Waals surface area contributed by atoms with Gasteiger partial charge in [0, 0.05) is 18.3 Å². The van der Waals surface area contributed by atoms with Crippen molar-refractivity contribution in [3.8, 4) is 6.07 Å². The zero-order valence-corrected chi connectivity index (χ0v) is 14.7. The van der Waals surface area contributed by atoms with E-state index in [1.165, 1.54) is 5.56 Å². The molecular weight excluding hydrogens is 322 g/mol. The lowest BCUT2D eigenvalue weighted by Crippen LogP contribution is -2.07. The first-order valence-electron chi connectivity index (χ1n) is 8.63. The second-order valence-electron chi connectivity index (χ2n) is 6.02. The zero-order chi connectivity index (χ0) is 18.2. The summed E-state index contributed by atoms with van der Waals surface area (Å²) in [7, 11) is 0. The molecule has 1 aromatic heterocycles. The monoisotopic (exact) mass is 343 g/mol. The molecule has 0 spiro atoms. The van der Waals surface area contributed by atoms with Crippen molar-refractivity contribution in [1.82, 2.24) is 9.97 Å². The maximum Gasteiger partial charge on any atom is 0.136 e. The topological polar surface area (TPSA) is 73.6 Å². The van der Waals surface area contributed by atoms with Crippen molar-refractivity contribution >= 4 is 17.3 Å². The average Bonchev–Trinajstić information content (AvgIpc) is 2.66. The van der Waals surface area contributed by atoms with Crippen LogP contribution in [0, 0.1) is 18.3 Å². The van der Waals surface area contributed by atoms with E-state index in [1.54, 1.807) is 12.1 Å². The normalized spacial score (nSPS) is 10.2. The molecule has 0 amide bonds. The average molecular weight is 343 g/mol. The van der Waals surface area contributed by atoms with Gasteiger partial charge in [-0.05, 0) is 43.5 Å². The summed E-state index contributed by atoms with van der Waals surface area (Å²) in [5, 5.41) is 15.6. The number of aryl methyl sites for hydroxylation is 2. The van der Waals surface area contributed by atoms with Crippen LogP contribution < -0.4 is 10.6 Å². The Morgan fingerprint density at radius 2 is 1.77 bits per heavy atom. The van der Waals surface area contributed by atoms with E-state index >= 15 is 0 Å². The minimum Gasteiger partial charge on any atom is -0.370 e. The Kier molecular flexibility index (Phi) is 5.79. The van der Waals surface area contributed by atoms with Gasteiger partial charge in [0.1, 0.15) is 17.5 Å². The maximum atomic E-state index is 9.01. The molecule has 0 aliphatic rings. The first-order chi connectivity index (χ1) is 12.7. The van der Waals surface area contributed by atoms with E-state index in [2.05, 4.69) is 50.9 Å². The van der Waals surface area contributed by atoms with Gasteiger partial charge in [-0.25, -0.2) is 9.97 Å². The number of nitriles is 1. The second-order valence-corrected chi connectivity index (χ2v) is 6.02. The lowest BCUT2D eigenvalue weighted by molar-refractivity contribution is 0.856. The van der Waals surface area contributed by atoms with E-state index < -0.39 is 0 Å². The van der Waals surface area contributed by atoms with Gasteiger partial charge < -0.3 is 10.6 Å². The number of nitrogens with one attached hydrogen (secondary N) is 2. The lowest BCUT2D eigenvalue weighted by atomic mass is 10.1. The largest absolute Gasteiger partial charge is 0.370 e. The number of hydrogen-bond acceptors (Lipinski definition) is 5. The summed E-state index contributed by atoms with van der Waals surface area (Å²) in [6, 6.07) is 21.8. The summed E-state index contributed by atoms with van der Waals surface area (Å²) in [5.74, 6) is 2.19. The highest BCUT2D eigenvalue weighted by Crippen LogP contribution is 2.18. The Balaban J connectivity index is 1.59. The van der Waals surface area contributed by atoms with Gasteiger partial charge in [-0.1, -0.05) is 36.4 Å². The van der Waals surface area contributed by atoms with Crippen molar-refractivity contribution in [2.75, 3.05) is 17.2 Å². The molecule has 1 heterocycles. The molecule has 5 heteroatoms. The molecule has 0 aliphatic carbocycles. The fraction of sp³-hybridized carbons (Fsp3) is 0.190. The van der Waals surface area contributed by atoms with Gasteiger partial charge in [-0.2, -0.15) is 5.26 Å². The van der Waals surface area contributed by atoms with Crippen molar-refractivity contribution in [2.24, 2.45) is 0 Å². The Bertz CT molecular complexity index is 900. The van der Waals surface area contributed by atoms with Crippen LogP contribution in [0.1, 0.15) is 23.4 Å². The van der Waals surface area contributed by atoms with E-state index in [4.69, 9.17) is 5.26 Å². The maximum absolute atomic E-state index is 9.01. The summed E-state index contributed by atoms with van der Waals surface area (Å²) in [5.41, 5.74) is 2.78. The van der Waals surface area contributed by atoms with Crippen molar-refractivity contribution < 1.29 is 0 Å². The molecule has 130 valence electrons. The van der Waals surface area contributed by atoms with Crippen molar-refractivity contribution in [3.63, 3.8) is 0 Å². The molecule has 3 rings (SSSR count). The minimum atomic E-state index is 0.611. The van der Waals surface area contributed by atoms with Gasteiger partial charge >= 0.3 is 0 Å². The third-order valence-corrected chi connectivity index (χ3v) is 3.89. The first kappa shape index (κ1) is 17.4. The van der Waals surface area contributed by atoms with Crippen LogP contribution in [0.25, 0.3) is 0 Å². The summed E-state index contributed by atoms with van der Waals surface area (Å²) < 4.78 is 0. The van der Waals surface area contributed by atoms with Crippen LogP contribution in [0.2, 0.25) is 0 Å². The zero-order valence-electron chi connectivity index (χ0n) is 14.7. The molecule has 5 nitrogen and oxygen atoms in total. The standard InChI is InChI=1S/C21H21N5/c1-16-24-20(23-12-6-10-17-7-3-2-4-8-17)14-21(25-16)26-19-11-5-9-18(13-19)15-22/h2-5,7-9,11,13-14H,6,10,12H2,1H3,(H2,23,24,25,26). The minimum absolute atomic E-state index is 0.611. The molecule has 0 fully saturated rings. The number of aromatic nitrogens is 2. The summed E-state index contributed by atoms with van der Waals surface area (Å²) in [4.78, 5) is 8.85. The molecular formula is C21H21N5. The van der Waals surface area contributed by atoms with Crippen molar-refractivity contribution in [1.29, 1.82) is 5.26 Å². The fourth-order valence-electron chi connectivity index (χ4n) is 2.69. The van der Waals surface area contributed by atoms with Gasteiger partial charge in [-0.3, -0.25) is 0 Å². The van der Waals surface area contributed by atoms with Gasteiger partial charge in [0.2, 0.25) is 0 Å². The van der Waals surface area contributed by atoms with Crippen LogP contribution in [0.15, 0.2) is 60.7 Å². The molecule has 0 aliphatic heterocycles. The van der Waals surface area contributed by atoms with Crippen molar-refractivity contribution in [3.05, 3.63) is 77.6 Å². The molecule has 0 saturated carbocycles. The lowest BCUT2D eigenvalue weighted by Gasteiger charge is -2.10. The highest BCUT2D eigenvalue weighted by Gasteiger charge is 2.03. The smallest absolute Gasteiger partial charge is 0.136 e. The highest BCUT2D eigenvalue weighted by molar-refractivity contribution is 5.60. The van der Waals surface area contributed by atoms with Crippen molar-refractivity contribution in [2.45, 2.75) is 19.8 Å². The molecule has 2 aromatic carbocycles. The van der Waals surface area contributed by atoms with Crippen LogP contribution in [0.5, 0.6) is 0 Å². The third-order valence-electron chi connectivity index (χ3n) is 3.89. The molecule has 3 aromatic rings. The van der Waals surface area contributed by atoms with Gasteiger partial charge in [0.05, 0.1) is 11.6 Å². The first-order valence-corrected chi connectivity index (χ1v) is 8.63. The SMILES string of the molecule is Cc1nc(NCCCc2ccccc2)cc(Nc2cccc(C#N)c2)n1. The Morgan fingerprint density at radius 3 is 2.58 bits per heavy atom. The molecule has 0 saturated heterocycles. The van der Waals surface area contributed by atoms with Gasteiger partial charge in [-0.15, -0.1) is 0 Å². The van der Waals surface area contributed by atoms with Crippen LogP contribution in [-0.4, -0.2) is 16.5 Å². The molecule has 0 bridgehead atoms. The molecule has 0 unspecified atom stereocenters. The predicted molar refractivity (Wildman–Crippen MR) is 104 cm³/mol. The van der Waals surface area contributed by atoms with Crippen LogP contribution >= 0.6 is 0 Å². The van der Waals surface area contributed by atoms with E-state index in [-0.39, 0.29) is 0 Å². The van der Waals surface area contributed by atoms with Crippen LogP contribution in [0.3, 0.4) is 0 Å². The van der Waals surface area contributed by atoms with E-state index in [1.807, 2.05) is 31.2 Å². The Morgan fingerprint density at radius 1 is 0.962 bits per heavy atom. The highest BCUT2D eigenvalue weighted by atomic mass is 15.1. The summed E-state index contributed by atoms with van der Waals surface area (Å²) >= 11 is 0. The third kappa shape index (κ3) is 5.05. The molecule has 2 N–H and O–H groups in total. The fourth-order valence-corrected chi connectivity index (χ4v) is 2.69. The molecule has 0 atom stereocenters. The number of anilines is 3. The molecule has 0 radical (unpaired) electrons. The summed E-state index contributed by atoms with van der Waals surface area (Å²) in [6.07, 6.45) is 2.06. The number of hydrogen-bond donors (Lipinski definition) is 2. The summed E-state index contributed by atoms with van der Waals surface area (Å²) in [6.45, 7) is 2.71. The predicted octanol–water partition coefficient (Wildman–Crippen LogP) is 4.45. The second kappa shape index (κ2) is 8.63. The van der Waals surface area contributed by atoms with E-state index in [9.17, 15) is 0 Å². The van der Waals surface area contributed by atoms with E-state index in [0.717, 1.165) is 30.9 Å². The van der Waals surface area contributed by atoms with Crippen LogP contribution in [0.4, 0.5) is 17.3 Å². The van der Waals surface area contributed by atoms with Gasteiger partial charge in [0.25, 0.3) is 0 Å². The Hall–Kier alpha value is -3.39. The number of benzene rings is 2. The number of rotatable bonds is 7. The van der Waals surface area contributed by atoms with E-state index in [0.29, 0.717) is 17.2 Å². The Labute approximate surface area is 153 Å². The quantitative estimate of drug-likeness (QED) is 0.620. The van der Waals surface area contributed by atoms with Crippen LogP contribution in [-0.2, 0) is 6.42 Å².